The molecule has 0 bridgehead atoms. The van der Waals surface area contributed by atoms with Crippen LogP contribution >= 0.6 is 11.6 Å². The van der Waals surface area contributed by atoms with Gasteiger partial charge in [0.05, 0.1) is 5.60 Å². The first-order valence-corrected chi connectivity index (χ1v) is 6.88. The van der Waals surface area contributed by atoms with Crippen molar-refractivity contribution in [3.8, 4) is 0 Å². The van der Waals surface area contributed by atoms with Crippen LogP contribution in [0.25, 0.3) is 0 Å². The molecule has 1 aromatic rings. The summed E-state index contributed by atoms with van der Waals surface area (Å²) in [6.45, 7) is 5.69. The Morgan fingerprint density at radius 2 is 2.17 bits per heavy atom. The molecule has 1 fully saturated rings. The van der Waals surface area contributed by atoms with E-state index in [2.05, 4.69) is 21.8 Å². The number of rotatable bonds is 2. The zero-order chi connectivity index (χ0) is 13.2. The molecule has 0 amide bonds. The van der Waals surface area contributed by atoms with Gasteiger partial charge in [-0.25, -0.2) is 9.97 Å². The summed E-state index contributed by atoms with van der Waals surface area (Å²) in [5, 5.41) is 10.7. The van der Waals surface area contributed by atoms with E-state index in [0.717, 1.165) is 50.2 Å². The lowest BCUT2D eigenvalue weighted by Crippen LogP contribution is -2.29. The molecule has 1 saturated heterocycles. The van der Waals surface area contributed by atoms with Crippen LogP contribution < -0.4 is 4.90 Å². The summed E-state index contributed by atoms with van der Waals surface area (Å²) in [4.78, 5) is 10.6. The van der Waals surface area contributed by atoms with E-state index in [1.807, 2.05) is 6.92 Å². The van der Waals surface area contributed by atoms with E-state index in [4.69, 9.17) is 11.6 Å². The van der Waals surface area contributed by atoms with Gasteiger partial charge in [0.1, 0.15) is 17.3 Å². The fraction of sp³-hybridized carbons (Fsp3) is 0.692. The second-order valence-electron chi connectivity index (χ2n) is 5.16. The number of halogens is 1. The standard InChI is InChI=1S/C13H20ClN3O/c1-3-10-11(14)15-9-16-12(10)17-7-4-5-13(2,18)6-8-17/h9,18H,3-8H2,1-2H3. The SMILES string of the molecule is CCc1c(Cl)ncnc1N1CCCC(C)(O)CC1. The Morgan fingerprint density at radius 3 is 2.89 bits per heavy atom. The van der Waals surface area contributed by atoms with Gasteiger partial charge in [-0.15, -0.1) is 0 Å². The fourth-order valence-corrected chi connectivity index (χ4v) is 2.70. The molecule has 0 aromatic carbocycles. The van der Waals surface area contributed by atoms with E-state index < -0.39 is 5.60 Å². The van der Waals surface area contributed by atoms with Crippen molar-refractivity contribution in [1.82, 2.24) is 9.97 Å². The molecule has 4 nitrogen and oxygen atoms in total. The molecule has 0 radical (unpaired) electrons. The minimum Gasteiger partial charge on any atom is -0.390 e. The van der Waals surface area contributed by atoms with E-state index in [1.54, 1.807) is 0 Å². The minimum absolute atomic E-state index is 0.540. The smallest absolute Gasteiger partial charge is 0.137 e. The first-order valence-electron chi connectivity index (χ1n) is 6.50. The predicted molar refractivity (Wildman–Crippen MR) is 73.1 cm³/mol. The van der Waals surface area contributed by atoms with E-state index in [9.17, 15) is 5.11 Å². The molecule has 0 saturated carbocycles. The van der Waals surface area contributed by atoms with Crippen molar-refractivity contribution in [2.45, 2.75) is 45.1 Å². The van der Waals surface area contributed by atoms with E-state index in [0.29, 0.717) is 5.15 Å². The van der Waals surface area contributed by atoms with Gasteiger partial charge in [-0.3, -0.25) is 0 Å². The highest BCUT2D eigenvalue weighted by molar-refractivity contribution is 6.30. The Bertz CT molecular complexity index is 423. The van der Waals surface area contributed by atoms with Gasteiger partial charge in [-0.2, -0.15) is 0 Å². The van der Waals surface area contributed by atoms with Crippen molar-refractivity contribution in [3.05, 3.63) is 17.0 Å². The monoisotopic (exact) mass is 269 g/mol. The number of hydrogen-bond acceptors (Lipinski definition) is 4. The zero-order valence-electron chi connectivity index (χ0n) is 11.0. The lowest BCUT2D eigenvalue weighted by molar-refractivity contribution is 0.0481. The van der Waals surface area contributed by atoms with Crippen molar-refractivity contribution >= 4 is 17.4 Å². The van der Waals surface area contributed by atoms with Gasteiger partial charge in [0, 0.05) is 18.7 Å². The van der Waals surface area contributed by atoms with Gasteiger partial charge < -0.3 is 10.0 Å². The van der Waals surface area contributed by atoms with Gasteiger partial charge in [0.25, 0.3) is 0 Å². The number of anilines is 1. The summed E-state index contributed by atoms with van der Waals surface area (Å²) < 4.78 is 0. The molecular formula is C13H20ClN3O. The molecule has 5 heteroatoms. The Labute approximate surface area is 113 Å². The van der Waals surface area contributed by atoms with Gasteiger partial charge >= 0.3 is 0 Å². The van der Waals surface area contributed by atoms with Crippen molar-refractivity contribution in [3.63, 3.8) is 0 Å². The molecule has 18 heavy (non-hydrogen) atoms. The summed E-state index contributed by atoms with van der Waals surface area (Å²) >= 11 is 6.12. The molecule has 2 rings (SSSR count). The molecule has 100 valence electrons. The molecule has 1 aliphatic rings. The lowest BCUT2D eigenvalue weighted by Gasteiger charge is -2.25. The summed E-state index contributed by atoms with van der Waals surface area (Å²) in [6.07, 6.45) is 4.90. The highest BCUT2D eigenvalue weighted by Gasteiger charge is 2.26. The maximum Gasteiger partial charge on any atom is 0.137 e. The summed E-state index contributed by atoms with van der Waals surface area (Å²) in [5.74, 6) is 0.926. The normalized spacial score (nSPS) is 25.0. The molecule has 0 aliphatic carbocycles. The van der Waals surface area contributed by atoms with Crippen LogP contribution in [0.2, 0.25) is 5.15 Å². The molecule has 1 aliphatic heterocycles. The molecule has 0 spiro atoms. The van der Waals surface area contributed by atoms with Crippen molar-refractivity contribution in [2.24, 2.45) is 0 Å². The second-order valence-corrected chi connectivity index (χ2v) is 5.52. The third kappa shape index (κ3) is 2.93. The zero-order valence-corrected chi connectivity index (χ0v) is 11.7. The van der Waals surface area contributed by atoms with Crippen LogP contribution in [0, 0.1) is 0 Å². The highest BCUT2D eigenvalue weighted by Crippen LogP contribution is 2.28. The predicted octanol–water partition coefficient (Wildman–Crippen LogP) is 2.43. The van der Waals surface area contributed by atoms with Crippen molar-refractivity contribution < 1.29 is 5.11 Å². The average molecular weight is 270 g/mol. The Kier molecular flexibility index (Phi) is 4.07. The van der Waals surface area contributed by atoms with E-state index in [-0.39, 0.29) is 0 Å². The molecule has 1 unspecified atom stereocenters. The highest BCUT2D eigenvalue weighted by atomic mass is 35.5. The Balaban J connectivity index is 2.24. The van der Waals surface area contributed by atoms with Crippen LogP contribution in [-0.2, 0) is 6.42 Å². The third-order valence-corrected chi connectivity index (χ3v) is 3.91. The van der Waals surface area contributed by atoms with E-state index >= 15 is 0 Å². The third-order valence-electron chi connectivity index (χ3n) is 3.59. The second kappa shape index (κ2) is 5.41. The lowest BCUT2D eigenvalue weighted by atomic mass is 9.98. The van der Waals surface area contributed by atoms with Crippen LogP contribution in [0.4, 0.5) is 5.82 Å². The van der Waals surface area contributed by atoms with Gasteiger partial charge in [-0.1, -0.05) is 18.5 Å². The van der Waals surface area contributed by atoms with Crippen LogP contribution in [-0.4, -0.2) is 33.8 Å². The number of aliphatic hydroxyl groups is 1. The van der Waals surface area contributed by atoms with Gasteiger partial charge in [0.15, 0.2) is 0 Å². The quantitative estimate of drug-likeness (QED) is 0.838. The van der Waals surface area contributed by atoms with Crippen molar-refractivity contribution in [2.75, 3.05) is 18.0 Å². The van der Waals surface area contributed by atoms with Crippen LogP contribution in [0.15, 0.2) is 6.33 Å². The fourth-order valence-electron chi connectivity index (χ4n) is 2.43. The topological polar surface area (TPSA) is 49.2 Å². The Morgan fingerprint density at radius 1 is 1.39 bits per heavy atom. The molecule has 1 N–H and O–H groups in total. The first kappa shape index (κ1) is 13.6. The van der Waals surface area contributed by atoms with Crippen LogP contribution in [0.5, 0.6) is 0 Å². The largest absolute Gasteiger partial charge is 0.390 e. The summed E-state index contributed by atoms with van der Waals surface area (Å²) in [5.41, 5.74) is 0.443. The first-order chi connectivity index (χ1) is 8.53. The molecule has 1 aromatic heterocycles. The average Bonchev–Trinajstić information content (AvgIpc) is 2.50. The minimum atomic E-state index is -0.558. The summed E-state index contributed by atoms with van der Waals surface area (Å²) in [7, 11) is 0. The number of nitrogens with zero attached hydrogens (tertiary/aromatic N) is 3. The van der Waals surface area contributed by atoms with Crippen LogP contribution in [0.1, 0.15) is 38.7 Å². The Hall–Kier alpha value is -0.870. The van der Waals surface area contributed by atoms with Gasteiger partial charge in [-0.05, 0) is 32.6 Å². The van der Waals surface area contributed by atoms with E-state index in [1.165, 1.54) is 6.33 Å². The number of aromatic nitrogens is 2. The maximum atomic E-state index is 10.1. The summed E-state index contributed by atoms with van der Waals surface area (Å²) in [6, 6.07) is 0. The molecule has 2 heterocycles. The van der Waals surface area contributed by atoms with Crippen LogP contribution in [0.3, 0.4) is 0 Å². The number of hydrogen-bond donors (Lipinski definition) is 1. The molecule has 1 atom stereocenters. The van der Waals surface area contributed by atoms with Crippen molar-refractivity contribution in [1.29, 1.82) is 0 Å². The van der Waals surface area contributed by atoms with Gasteiger partial charge in [0.2, 0.25) is 0 Å². The maximum absolute atomic E-state index is 10.1. The molecular weight excluding hydrogens is 250 g/mol.